The molecule has 3 nitrogen and oxygen atoms in total. The van der Waals surface area contributed by atoms with Gasteiger partial charge in [0.1, 0.15) is 0 Å². The quantitative estimate of drug-likeness (QED) is 0.786. The summed E-state index contributed by atoms with van der Waals surface area (Å²) in [6.45, 7) is 0. The zero-order chi connectivity index (χ0) is 11.2. The average Bonchev–Trinajstić information content (AvgIpc) is 2.11. The Labute approximate surface area is 100 Å². The number of nitrogens with one attached hydrogen (secondary N) is 1. The van der Waals surface area contributed by atoms with E-state index in [9.17, 15) is 13.6 Å². The van der Waals surface area contributed by atoms with Crippen molar-refractivity contribution in [2.75, 3.05) is 5.32 Å². The molecule has 0 unspecified atom stereocenters. The van der Waals surface area contributed by atoms with Crippen LogP contribution < -0.4 is 10.1 Å². The molecule has 1 amide bonds. The minimum absolute atomic E-state index is 0.0744. The van der Waals surface area contributed by atoms with Crippen LogP contribution >= 0.6 is 31.9 Å². The van der Waals surface area contributed by atoms with E-state index < -0.39 is 12.0 Å². The largest absolute Gasteiger partial charge is 0.482 e. The predicted molar refractivity (Wildman–Crippen MR) is 56.0 cm³/mol. The number of amides is 1. The van der Waals surface area contributed by atoms with Gasteiger partial charge in [-0.05, 0) is 44.0 Å². The maximum atomic E-state index is 12.8. The molecule has 1 heterocycles. The minimum atomic E-state index is -3.82. The Balaban J connectivity index is 2.51. The summed E-state index contributed by atoms with van der Waals surface area (Å²) in [5.41, 5.74) is 0.209. The maximum absolute atomic E-state index is 12.8. The molecule has 0 atom stereocenters. The minimum Gasteiger partial charge on any atom is -0.423 e. The van der Waals surface area contributed by atoms with Gasteiger partial charge in [0.2, 0.25) is 0 Å². The van der Waals surface area contributed by atoms with Crippen molar-refractivity contribution in [3.05, 3.63) is 21.1 Å². The van der Waals surface area contributed by atoms with E-state index in [1.54, 1.807) is 0 Å². The summed E-state index contributed by atoms with van der Waals surface area (Å²) in [6, 6.07) is 2.83. The van der Waals surface area contributed by atoms with Gasteiger partial charge in [-0.3, -0.25) is 4.79 Å². The van der Waals surface area contributed by atoms with Crippen LogP contribution in [0.4, 0.5) is 14.5 Å². The third-order valence-electron chi connectivity index (χ3n) is 1.77. The normalized spacial score (nSPS) is 17.7. The Morgan fingerprint density at radius 3 is 2.53 bits per heavy atom. The number of anilines is 1. The molecule has 80 valence electrons. The highest BCUT2D eigenvalue weighted by Gasteiger charge is 2.46. The molecule has 1 aromatic carbocycles. The summed E-state index contributed by atoms with van der Waals surface area (Å²) >= 11 is 6.32. The molecule has 0 saturated heterocycles. The predicted octanol–water partition coefficient (Wildman–Crippen LogP) is 3.14. The molecule has 0 saturated carbocycles. The standard InChI is InChI=1S/C8H3Br2F2NO2/c9-3-1-5-6(2-4(3)10)15-8(11,12)7(14)13-5/h1-2H,(H,13,14). The molecule has 15 heavy (non-hydrogen) atoms. The summed E-state index contributed by atoms with van der Waals surface area (Å²) in [4.78, 5) is 10.9. The van der Waals surface area contributed by atoms with Gasteiger partial charge >= 0.3 is 12.0 Å². The Bertz CT molecular complexity index is 451. The summed E-state index contributed by atoms with van der Waals surface area (Å²) in [6.07, 6.45) is -3.82. The lowest BCUT2D eigenvalue weighted by Gasteiger charge is -2.24. The molecule has 0 aliphatic carbocycles. The van der Waals surface area contributed by atoms with E-state index >= 15 is 0 Å². The Morgan fingerprint density at radius 2 is 1.87 bits per heavy atom. The fourth-order valence-corrected chi connectivity index (χ4v) is 1.76. The number of carbonyl (C=O) groups is 1. The summed E-state index contributed by atoms with van der Waals surface area (Å²) < 4.78 is 31.2. The Hall–Kier alpha value is -0.690. The van der Waals surface area contributed by atoms with Crippen LogP contribution in [-0.4, -0.2) is 12.0 Å². The van der Waals surface area contributed by atoms with Gasteiger partial charge in [0.05, 0.1) is 5.69 Å². The average molecular weight is 343 g/mol. The number of halogens is 4. The molecule has 0 radical (unpaired) electrons. The highest BCUT2D eigenvalue weighted by Crippen LogP contribution is 2.40. The second kappa shape index (κ2) is 3.41. The lowest BCUT2D eigenvalue weighted by molar-refractivity contribution is -0.189. The van der Waals surface area contributed by atoms with Gasteiger partial charge in [0, 0.05) is 8.95 Å². The van der Waals surface area contributed by atoms with Crippen molar-refractivity contribution in [3.63, 3.8) is 0 Å². The summed E-state index contributed by atoms with van der Waals surface area (Å²) in [5, 5.41) is 2.05. The van der Waals surface area contributed by atoms with Crippen molar-refractivity contribution >= 4 is 43.5 Å². The molecule has 0 fully saturated rings. The van der Waals surface area contributed by atoms with E-state index in [-0.39, 0.29) is 11.4 Å². The van der Waals surface area contributed by atoms with E-state index in [2.05, 4.69) is 41.9 Å². The van der Waals surface area contributed by atoms with Crippen molar-refractivity contribution < 1.29 is 18.3 Å². The molecular formula is C8H3Br2F2NO2. The first-order valence-electron chi connectivity index (χ1n) is 3.77. The number of ether oxygens (including phenoxy) is 1. The zero-order valence-electron chi connectivity index (χ0n) is 6.98. The molecule has 7 heteroatoms. The van der Waals surface area contributed by atoms with Crippen molar-refractivity contribution in [1.82, 2.24) is 0 Å². The molecular weight excluding hydrogens is 340 g/mol. The number of alkyl halides is 2. The van der Waals surface area contributed by atoms with Crippen LogP contribution in [0, 0.1) is 0 Å². The first-order valence-corrected chi connectivity index (χ1v) is 5.36. The number of carbonyl (C=O) groups excluding carboxylic acids is 1. The van der Waals surface area contributed by atoms with Crippen LogP contribution in [0.1, 0.15) is 0 Å². The fraction of sp³-hybridized carbons (Fsp3) is 0.125. The summed E-state index contributed by atoms with van der Waals surface area (Å²) in [7, 11) is 0. The third kappa shape index (κ3) is 1.85. The maximum Gasteiger partial charge on any atom is 0.482 e. The SMILES string of the molecule is O=C1Nc2cc(Br)c(Br)cc2OC1(F)F. The number of hydrogen-bond acceptors (Lipinski definition) is 2. The van der Waals surface area contributed by atoms with Crippen LogP contribution in [0.15, 0.2) is 21.1 Å². The molecule has 1 N–H and O–H groups in total. The molecule has 0 spiro atoms. The Morgan fingerprint density at radius 1 is 1.27 bits per heavy atom. The van der Waals surface area contributed by atoms with Crippen LogP contribution in [0.25, 0.3) is 0 Å². The van der Waals surface area contributed by atoms with Gasteiger partial charge < -0.3 is 10.1 Å². The van der Waals surface area contributed by atoms with Crippen molar-refractivity contribution in [1.29, 1.82) is 0 Å². The van der Waals surface area contributed by atoms with Gasteiger partial charge in [0.25, 0.3) is 0 Å². The van der Waals surface area contributed by atoms with Crippen LogP contribution in [0.5, 0.6) is 5.75 Å². The van der Waals surface area contributed by atoms with E-state index in [0.29, 0.717) is 8.95 Å². The van der Waals surface area contributed by atoms with Gasteiger partial charge in [-0.2, -0.15) is 8.78 Å². The Kier molecular flexibility index (Phi) is 2.46. The highest BCUT2D eigenvalue weighted by molar-refractivity contribution is 9.13. The van der Waals surface area contributed by atoms with Crippen molar-refractivity contribution in [2.24, 2.45) is 0 Å². The van der Waals surface area contributed by atoms with Crippen LogP contribution in [0.2, 0.25) is 0 Å². The zero-order valence-corrected chi connectivity index (χ0v) is 10.2. The smallest absolute Gasteiger partial charge is 0.423 e. The first-order chi connectivity index (χ1) is 6.90. The molecule has 2 rings (SSSR count). The van der Waals surface area contributed by atoms with Gasteiger partial charge in [0.15, 0.2) is 5.75 Å². The topological polar surface area (TPSA) is 38.3 Å². The number of fused-ring (bicyclic) bond motifs is 1. The fourth-order valence-electron chi connectivity index (χ4n) is 1.09. The van der Waals surface area contributed by atoms with Crippen molar-refractivity contribution in [2.45, 2.75) is 6.11 Å². The lowest BCUT2D eigenvalue weighted by Crippen LogP contribution is -2.43. The monoisotopic (exact) mass is 341 g/mol. The lowest BCUT2D eigenvalue weighted by atomic mass is 10.2. The molecule has 1 aliphatic rings. The van der Waals surface area contributed by atoms with E-state index in [0.717, 1.165) is 0 Å². The number of benzene rings is 1. The molecule has 0 bridgehead atoms. The van der Waals surface area contributed by atoms with E-state index in [4.69, 9.17) is 0 Å². The van der Waals surface area contributed by atoms with Crippen LogP contribution in [0.3, 0.4) is 0 Å². The first kappa shape index (κ1) is 10.8. The molecule has 0 aromatic heterocycles. The van der Waals surface area contributed by atoms with Gasteiger partial charge in [-0.1, -0.05) is 0 Å². The van der Waals surface area contributed by atoms with Gasteiger partial charge in [-0.15, -0.1) is 0 Å². The highest BCUT2D eigenvalue weighted by atomic mass is 79.9. The van der Waals surface area contributed by atoms with Crippen LogP contribution in [-0.2, 0) is 4.79 Å². The summed E-state index contributed by atoms with van der Waals surface area (Å²) in [5.74, 6) is -1.54. The third-order valence-corrected chi connectivity index (χ3v) is 3.62. The van der Waals surface area contributed by atoms with Gasteiger partial charge in [-0.25, -0.2) is 0 Å². The van der Waals surface area contributed by atoms with E-state index in [1.807, 2.05) is 0 Å². The van der Waals surface area contributed by atoms with E-state index in [1.165, 1.54) is 12.1 Å². The van der Waals surface area contributed by atoms with Crippen molar-refractivity contribution in [3.8, 4) is 5.75 Å². The second-order valence-corrected chi connectivity index (χ2v) is 4.54. The number of rotatable bonds is 0. The molecule has 1 aromatic rings. The molecule has 1 aliphatic heterocycles. The number of hydrogen-bond donors (Lipinski definition) is 1. The second-order valence-electron chi connectivity index (χ2n) is 2.84.